The molecule has 0 aromatic carbocycles. The van der Waals surface area contributed by atoms with Crippen molar-refractivity contribution in [1.82, 2.24) is 0 Å². The first-order valence-corrected chi connectivity index (χ1v) is 32.2. The minimum absolute atomic E-state index is 0. The summed E-state index contributed by atoms with van der Waals surface area (Å²) in [5, 5.41) is 67.4. The fraction of sp³-hybridized carbons (Fsp3) is 1.00. The van der Waals surface area contributed by atoms with Crippen molar-refractivity contribution in [2.24, 2.45) is 0 Å². The first-order chi connectivity index (χ1) is 35.3. The van der Waals surface area contributed by atoms with Gasteiger partial charge in [0.2, 0.25) is 0 Å². The Morgan fingerprint density at radius 2 is 0.192 bits per heavy atom. The van der Waals surface area contributed by atoms with Gasteiger partial charge in [0.1, 0.15) is 0 Å². The van der Waals surface area contributed by atoms with Crippen LogP contribution in [0.3, 0.4) is 0 Å². The Hall–Kier alpha value is 0.303. The van der Waals surface area contributed by atoms with Crippen molar-refractivity contribution in [3.63, 3.8) is 0 Å². The molecule has 0 amide bonds. The van der Waals surface area contributed by atoms with E-state index in [1.807, 2.05) is 0 Å². The molecule has 0 unspecified atom stereocenters. The van der Waals surface area contributed by atoms with Crippen LogP contribution >= 0.6 is 0 Å². The molecular weight excluding hydrogens is 962 g/mol. The van der Waals surface area contributed by atoms with Gasteiger partial charge in [0.15, 0.2) is 0 Å². The molecular formula is C64H144O8Zn. The molecule has 8 nitrogen and oxygen atoms in total. The molecule has 9 heteroatoms. The van der Waals surface area contributed by atoms with Gasteiger partial charge in [-0.3, -0.25) is 0 Å². The predicted octanol–water partition coefficient (Wildman–Crippen LogP) is 18.7. The van der Waals surface area contributed by atoms with E-state index in [-0.39, 0.29) is 19.5 Å². The summed E-state index contributed by atoms with van der Waals surface area (Å²) in [7, 11) is 0. The third-order valence-corrected chi connectivity index (χ3v) is 12.1. The number of hydrogen-bond donors (Lipinski definition) is 8. The van der Waals surface area contributed by atoms with Crippen LogP contribution in [0.1, 0.15) is 364 Å². The quantitative estimate of drug-likeness (QED) is 0.0221. The second-order valence-corrected chi connectivity index (χ2v) is 19.9. The Morgan fingerprint density at radius 1 is 0.123 bits per heavy atom. The summed E-state index contributed by atoms with van der Waals surface area (Å²) in [5.41, 5.74) is 0. The first kappa shape index (κ1) is 92.7. The summed E-state index contributed by atoms with van der Waals surface area (Å²) in [6.07, 6.45) is 60.0. The molecule has 0 fully saturated rings. The summed E-state index contributed by atoms with van der Waals surface area (Å²) in [6.45, 7) is 20.7. The summed E-state index contributed by atoms with van der Waals surface area (Å²) in [4.78, 5) is 0. The van der Waals surface area contributed by atoms with Crippen molar-refractivity contribution in [2.45, 2.75) is 364 Å². The van der Waals surface area contributed by atoms with Crippen LogP contribution in [0.4, 0.5) is 0 Å². The van der Waals surface area contributed by atoms with Crippen LogP contribution in [0.2, 0.25) is 0 Å². The van der Waals surface area contributed by atoms with E-state index < -0.39 is 0 Å². The molecule has 0 aliphatic carbocycles. The van der Waals surface area contributed by atoms with E-state index >= 15 is 0 Å². The van der Waals surface area contributed by atoms with Gasteiger partial charge >= 0.3 is 0 Å². The fourth-order valence-electron chi connectivity index (χ4n) is 7.14. The molecule has 0 aliphatic rings. The van der Waals surface area contributed by atoms with Crippen molar-refractivity contribution in [3.8, 4) is 0 Å². The maximum Gasteiger partial charge on any atom is 0.0431 e. The predicted molar refractivity (Wildman–Crippen MR) is 324 cm³/mol. The summed E-state index contributed by atoms with van der Waals surface area (Å²) in [6, 6.07) is 0. The zero-order valence-electron chi connectivity index (χ0n) is 51.9. The Kier molecular flexibility index (Phi) is 147. The second kappa shape index (κ2) is 116. The van der Waals surface area contributed by atoms with E-state index in [1.54, 1.807) is 0 Å². The standard InChI is InChI=1S/8C8H18O.Zn/c8*1-2-3-4-5-6-7-8-9;/h8*9H,2-8H2,1H3;. The van der Waals surface area contributed by atoms with Crippen LogP contribution in [0.5, 0.6) is 0 Å². The third kappa shape index (κ3) is 153. The Labute approximate surface area is 474 Å². The number of unbranched alkanes of at least 4 members (excludes halogenated alkanes) is 40. The van der Waals surface area contributed by atoms with Crippen LogP contribution in [-0.2, 0) is 19.5 Å². The number of rotatable bonds is 48. The van der Waals surface area contributed by atoms with Gasteiger partial charge in [0.05, 0.1) is 0 Å². The van der Waals surface area contributed by atoms with E-state index in [9.17, 15) is 0 Å². The average Bonchev–Trinajstić information content (AvgIpc) is 3.40. The van der Waals surface area contributed by atoms with Crippen molar-refractivity contribution >= 4 is 0 Å². The summed E-state index contributed by atoms with van der Waals surface area (Å²) >= 11 is 0. The molecule has 450 valence electrons. The van der Waals surface area contributed by atoms with Gasteiger partial charge < -0.3 is 40.9 Å². The third-order valence-electron chi connectivity index (χ3n) is 12.1. The monoisotopic (exact) mass is 1110 g/mol. The van der Waals surface area contributed by atoms with Crippen molar-refractivity contribution in [2.75, 3.05) is 52.9 Å². The van der Waals surface area contributed by atoms with Gasteiger partial charge in [-0.05, 0) is 51.4 Å². The summed E-state index contributed by atoms with van der Waals surface area (Å²) < 4.78 is 0. The molecule has 0 aromatic rings. The Morgan fingerprint density at radius 3 is 0.260 bits per heavy atom. The van der Waals surface area contributed by atoms with Crippen LogP contribution < -0.4 is 0 Å². The molecule has 73 heavy (non-hydrogen) atoms. The minimum atomic E-state index is 0. The zero-order chi connectivity index (χ0) is 55.6. The molecule has 0 aliphatic heterocycles. The molecule has 0 saturated heterocycles. The van der Waals surface area contributed by atoms with Gasteiger partial charge in [0.25, 0.3) is 0 Å². The Bertz CT molecular complexity index is 478. The number of aliphatic hydroxyl groups excluding tert-OH is 8. The Balaban J connectivity index is -0.0000000914. The molecule has 0 bridgehead atoms. The van der Waals surface area contributed by atoms with E-state index in [4.69, 9.17) is 40.9 Å². The van der Waals surface area contributed by atoms with Crippen molar-refractivity contribution in [3.05, 3.63) is 0 Å². The SMILES string of the molecule is CCCCCCCCO.CCCCCCCCO.CCCCCCCCO.CCCCCCCCO.CCCCCCCCO.CCCCCCCCO.CCCCCCCCO.CCCCCCCCO.[Zn]. The number of hydrogen-bond acceptors (Lipinski definition) is 8. The maximum absolute atomic E-state index is 8.42. The van der Waals surface area contributed by atoms with Gasteiger partial charge in [0, 0.05) is 72.3 Å². The van der Waals surface area contributed by atoms with E-state index in [1.165, 1.54) is 257 Å². The van der Waals surface area contributed by atoms with E-state index in [0.717, 1.165) is 51.4 Å². The molecule has 0 rings (SSSR count). The van der Waals surface area contributed by atoms with Gasteiger partial charge in [-0.1, -0.05) is 312 Å². The fourth-order valence-corrected chi connectivity index (χ4v) is 7.14. The van der Waals surface area contributed by atoms with Gasteiger partial charge in [-0.15, -0.1) is 0 Å². The molecule has 0 radical (unpaired) electrons. The zero-order valence-corrected chi connectivity index (χ0v) is 54.8. The van der Waals surface area contributed by atoms with E-state index in [0.29, 0.717) is 52.9 Å². The van der Waals surface area contributed by atoms with Crippen LogP contribution in [0, 0.1) is 0 Å². The van der Waals surface area contributed by atoms with Crippen LogP contribution in [0.25, 0.3) is 0 Å². The maximum atomic E-state index is 8.42. The topological polar surface area (TPSA) is 162 Å². The normalized spacial score (nSPS) is 9.86. The smallest absolute Gasteiger partial charge is 0.0431 e. The largest absolute Gasteiger partial charge is 0.396 e. The average molecular weight is 1110 g/mol. The van der Waals surface area contributed by atoms with Crippen LogP contribution in [-0.4, -0.2) is 93.7 Å². The molecule has 0 spiro atoms. The van der Waals surface area contributed by atoms with Crippen molar-refractivity contribution in [1.29, 1.82) is 0 Å². The van der Waals surface area contributed by atoms with Crippen molar-refractivity contribution < 1.29 is 60.3 Å². The van der Waals surface area contributed by atoms with Gasteiger partial charge in [-0.25, -0.2) is 0 Å². The van der Waals surface area contributed by atoms with Gasteiger partial charge in [-0.2, -0.15) is 0 Å². The number of aliphatic hydroxyl groups is 8. The molecule has 0 heterocycles. The first-order valence-electron chi connectivity index (χ1n) is 32.2. The summed E-state index contributed by atoms with van der Waals surface area (Å²) in [5.74, 6) is 0. The van der Waals surface area contributed by atoms with E-state index in [2.05, 4.69) is 55.4 Å². The molecule has 8 N–H and O–H groups in total. The minimum Gasteiger partial charge on any atom is -0.396 e. The second-order valence-electron chi connectivity index (χ2n) is 19.9. The van der Waals surface area contributed by atoms with Crippen LogP contribution in [0.15, 0.2) is 0 Å². The molecule has 0 aromatic heterocycles. The molecule has 0 saturated carbocycles. The molecule has 0 atom stereocenters.